The molecule has 2 heterocycles. The maximum atomic E-state index is 12.4. The molecule has 0 bridgehead atoms. The van der Waals surface area contributed by atoms with Gasteiger partial charge in [-0.3, -0.25) is 4.79 Å². The van der Waals surface area contributed by atoms with Gasteiger partial charge in [0.2, 0.25) is 5.88 Å². The zero-order valence-corrected chi connectivity index (χ0v) is 13.9. The summed E-state index contributed by atoms with van der Waals surface area (Å²) in [5.41, 5.74) is 1.64. The molecular formula is C19H22N2O3. The van der Waals surface area contributed by atoms with Gasteiger partial charge in [-0.05, 0) is 24.5 Å². The minimum Gasteiger partial charge on any atom is -0.473 e. The molecule has 3 rings (SSSR count). The van der Waals surface area contributed by atoms with Gasteiger partial charge in [-0.15, -0.1) is 0 Å². The van der Waals surface area contributed by atoms with E-state index >= 15 is 0 Å². The van der Waals surface area contributed by atoms with Crippen molar-refractivity contribution in [3.8, 4) is 5.88 Å². The van der Waals surface area contributed by atoms with Crippen molar-refractivity contribution in [3.05, 3.63) is 59.8 Å². The predicted octanol–water partition coefficient (Wildman–Crippen LogP) is 2.91. The first-order valence-electron chi connectivity index (χ1n) is 8.22. The van der Waals surface area contributed by atoms with Crippen LogP contribution < -0.4 is 4.74 Å². The van der Waals surface area contributed by atoms with Crippen LogP contribution in [0.2, 0.25) is 0 Å². The lowest BCUT2D eigenvalue weighted by atomic mass is 10.2. The van der Waals surface area contributed by atoms with Crippen LogP contribution in [0.25, 0.3) is 0 Å². The average Bonchev–Trinajstić information content (AvgIpc) is 3.13. The largest absolute Gasteiger partial charge is 0.473 e. The topological polar surface area (TPSA) is 51.7 Å². The second kappa shape index (κ2) is 7.93. The first-order valence-corrected chi connectivity index (χ1v) is 8.22. The van der Waals surface area contributed by atoms with Gasteiger partial charge in [-0.25, -0.2) is 4.98 Å². The van der Waals surface area contributed by atoms with Crippen molar-refractivity contribution in [3.63, 3.8) is 0 Å². The van der Waals surface area contributed by atoms with Crippen LogP contribution in [0.5, 0.6) is 5.88 Å². The van der Waals surface area contributed by atoms with E-state index in [0.717, 1.165) is 25.0 Å². The number of carbonyl (C=O) groups is 1. The third-order valence-electron chi connectivity index (χ3n) is 4.06. The number of hydrogen-bond donors (Lipinski definition) is 0. The molecule has 5 nitrogen and oxygen atoms in total. The Labute approximate surface area is 142 Å². The van der Waals surface area contributed by atoms with Crippen molar-refractivity contribution in [2.24, 2.45) is 0 Å². The van der Waals surface area contributed by atoms with Crippen LogP contribution in [0.1, 0.15) is 28.8 Å². The molecule has 1 saturated heterocycles. The molecule has 24 heavy (non-hydrogen) atoms. The fraction of sp³-hybridized carbons (Fsp3) is 0.368. The smallest absolute Gasteiger partial charge is 0.255 e. The van der Waals surface area contributed by atoms with Crippen molar-refractivity contribution in [1.82, 2.24) is 9.88 Å². The van der Waals surface area contributed by atoms with Crippen molar-refractivity contribution < 1.29 is 14.3 Å². The van der Waals surface area contributed by atoms with E-state index < -0.39 is 0 Å². The standard InChI is InChI=1S/C19H22N2O3/c1-21(13-17-8-5-11-23-17)19(22)16-9-10-18(20-12-16)24-14-15-6-3-2-4-7-15/h2-4,6-7,9-10,12,17H,5,8,11,13-14H2,1H3/t17-/m0/s1. The number of likely N-dealkylation sites (N-methyl/N-ethyl adjacent to an activating group) is 1. The summed E-state index contributed by atoms with van der Waals surface area (Å²) < 4.78 is 11.2. The number of nitrogens with zero attached hydrogens (tertiary/aromatic N) is 2. The third-order valence-corrected chi connectivity index (χ3v) is 4.06. The van der Waals surface area contributed by atoms with Crippen LogP contribution in [0.15, 0.2) is 48.7 Å². The maximum absolute atomic E-state index is 12.4. The molecule has 0 spiro atoms. The normalized spacial score (nSPS) is 16.8. The molecule has 126 valence electrons. The molecule has 1 aliphatic rings. The summed E-state index contributed by atoms with van der Waals surface area (Å²) in [4.78, 5) is 18.3. The molecule has 1 amide bonds. The van der Waals surface area contributed by atoms with E-state index in [9.17, 15) is 4.79 Å². The molecule has 1 aliphatic heterocycles. The van der Waals surface area contributed by atoms with Gasteiger partial charge in [0, 0.05) is 32.5 Å². The number of pyridine rings is 1. The summed E-state index contributed by atoms with van der Waals surface area (Å²) in [6.45, 7) is 1.87. The van der Waals surface area contributed by atoms with E-state index in [1.807, 2.05) is 30.3 Å². The Morgan fingerprint density at radius 3 is 2.79 bits per heavy atom. The van der Waals surface area contributed by atoms with Gasteiger partial charge in [0.25, 0.3) is 5.91 Å². The minimum atomic E-state index is -0.0485. The van der Waals surface area contributed by atoms with Crippen LogP contribution in [0, 0.1) is 0 Å². The molecule has 2 aromatic rings. The van der Waals surface area contributed by atoms with E-state index in [1.54, 1.807) is 30.3 Å². The SMILES string of the molecule is CN(C[C@@H]1CCCO1)C(=O)c1ccc(OCc2ccccc2)nc1. The quantitative estimate of drug-likeness (QED) is 0.819. The first kappa shape index (κ1) is 16.5. The Morgan fingerprint density at radius 2 is 2.12 bits per heavy atom. The third kappa shape index (κ3) is 4.32. The van der Waals surface area contributed by atoms with Crippen molar-refractivity contribution in [1.29, 1.82) is 0 Å². The zero-order valence-electron chi connectivity index (χ0n) is 13.9. The van der Waals surface area contributed by atoms with Gasteiger partial charge >= 0.3 is 0 Å². The van der Waals surface area contributed by atoms with Crippen molar-refractivity contribution in [2.45, 2.75) is 25.6 Å². The molecular weight excluding hydrogens is 304 g/mol. The molecule has 0 unspecified atom stereocenters. The molecule has 1 fully saturated rings. The van der Waals surface area contributed by atoms with Gasteiger partial charge in [-0.1, -0.05) is 30.3 Å². The van der Waals surface area contributed by atoms with E-state index in [-0.39, 0.29) is 12.0 Å². The molecule has 1 aromatic heterocycles. The highest BCUT2D eigenvalue weighted by molar-refractivity contribution is 5.93. The maximum Gasteiger partial charge on any atom is 0.255 e. The first-order chi connectivity index (χ1) is 11.7. The van der Waals surface area contributed by atoms with E-state index in [4.69, 9.17) is 9.47 Å². The average molecular weight is 326 g/mol. The van der Waals surface area contributed by atoms with Crippen molar-refractivity contribution in [2.75, 3.05) is 20.2 Å². The highest BCUT2D eigenvalue weighted by Gasteiger charge is 2.21. The Bertz CT molecular complexity index is 652. The fourth-order valence-electron chi connectivity index (χ4n) is 2.72. The van der Waals surface area contributed by atoms with Gasteiger partial charge in [0.05, 0.1) is 11.7 Å². The van der Waals surface area contributed by atoms with Gasteiger partial charge < -0.3 is 14.4 Å². The summed E-state index contributed by atoms with van der Waals surface area (Å²) in [5, 5.41) is 0. The number of aromatic nitrogens is 1. The van der Waals surface area contributed by atoms with Crippen LogP contribution >= 0.6 is 0 Å². The number of hydrogen-bond acceptors (Lipinski definition) is 4. The lowest BCUT2D eigenvalue weighted by Gasteiger charge is -2.20. The zero-order chi connectivity index (χ0) is 16.8. The summed E-state index contributed by atoms with van der Waals surface area (Å²) in [6.07, 6.45) is 3.80. The molecule has 0 N–H and O–H groups in total. The van der Waals surface area contributed by atoms with E-state index in [0.29, 0.717) is 24.6 Å². The molecule has 0 saturated carbocycles. The predicted molar refractivity (Wildman–Crippen MR) is 90.9 cm³/mol. The summed E-state index contributed by atoms with van der Waals surface area (Å²) in [7, 11) is 1.80. The minimum absolute atomic E-state index is 0.0485. The molecule has 5 heteroatoms. The van der Waals surface area contributed by atoms with Crippen LogP contribution in [0.3, 0.4) is 0 Å². The number of ether oxygens (including phenoxy) is 2. The molecule has 1 aromatic carbocycles. The van der Waals surface area contributed by atoms with Crippen LogP contribution in [0.4, 0.5) is 0 Å². The molecule has 1 atom stereocenters. The Hall–Kier alpha value is -2.40. The highest BCUT2D eigenvalue weighted by Crippen LogP contribution is 2.15. The lowest BCUT2D eigenvalue weighted by molar-refractivity contribution is 0.0586. The lowest BCUT2D eigenvalue weighted by Crippen LogP contribution is -2.34. The second-order valence-electron chi connectivity index (χ2n) is 5.98. The van der Waals surface area contributed by atoms with Crippen molar-refractivity contribution >= 4 is 5.91 Å². The summed E-state index contributed by atoms with van der Waals surface area (Å²) in [5.74, 6) is 0.463. The number of rotatable bonds is 6. The second-order valence-corrected chi connectivity index (χ2v) is 5.98. The van der Waals surface area contributed by atoms with Gasteiger partial charge in [0.1, 0.15) is 6.61 Å². The Kier molecular flexibility index (Phi) is 5.43. The number of benzene rings is 1. The van der Waals surface area contributed by atoms with E-state index in [1.165, 1.54) is 0 Å². The molecule has 0 radical (unpaired) electrons. The van der Waals surface area contributed by atoms with Gasteiger partial charge in [0.15, 0.2) is 0 Å². The number of amides is 1. The highest BCUT2D eigenvalue weighted by atomic mass is 16.5. The Balaban J connectivity index is 1.54. The van der Waals surface area contributed by atoms with Gasteiger partial charge in [-0.2, -0.15) is 0 Å². The number of carbonyl (C=O) groups excluding carboxylic acids is 1. The molecule has 0 aliphatic carbocycles. The fourth-order valence-corrected chi connectivity index (χ4v) is 2.72. The van der Waals surface area contributed by atoms with Crippen LogP contribution in [-0.2, 0) is 11.3 Å². The monoisotopic (exact) mass is 326 g/mol. The van der Waals surface area contributed by atoms with E-state index in [2.05, 4.69) is 4.98 Å². The summed E-state index contributed by atoms with van der Waals surface area (Å²) >= 11 is 0. The summed E-state index contributed by atoms with van der Waals surface area (Å²) in [6, 6.07) is 13.4. The van der Waals surface area contributed by atoms with Crippen LogP contribution in [-0.4, -0.2) is 42.1 Å². The Morgan fingerprint density at radius 1 is 1.29 bits per heavy atom.